The summed E-state index contributed by atoms with van der Waals surface area (Å²) in [6.07, 6.45) is 2.87. The Morgan fingerprint density at radius 2 is 2.14 bits per heavy atom. The average molecular weight is 236 g/mol. The minimum Gasteiger partial charge on any atom is -0.352 e. The van der Waals surface area contributed by atoms with Crippen LogP contribution < -0.4 is 0 Å². The summed E-state index contributed by atoms with van der Waals surface area (Å²) < 4.78 is 21.7. The van der Waals surface area contributed by atoms with Gasteiger partial charge in [0.1, 0.15) is 12.1 Å². The Labute approximate surface area is 86.4 Å². The van der Waals surface area contributed by atoms with E-state index < -0.39 is 0 Å². The lowest BCUT2D eigenvalue weighted by molar-refractivity contribution is -0.201. The zero-order valence-electron chi connectivity index (χ0n) is 7.90. The lowest BCUT2D eigenvalue weighted by atomic mass is 10.4. The average Bonchev–Trinajstić information content (AvgIpc) is 2.23. The highest BCUT2D eigenvalue weighted by Gasteiger charge is 2.44. The Morgan fingerprint density at radius 1 is 1.36 bits per heavy atom. The molecule has 2 fully saturated rings. The third-order valence-electron chi connectivity index (χ3n) is 2.19. The van der Waals surface area contributed by atoms with Gasteiger partial charge in [-0.2, -0.15) is 0 Å². The van der Waals surface area contributed by atoms with Crippen LogP contribution in [0.1, 0.15) is 0 Å². The maximum atomic E-state index is 5.69. The van der Waals surface area contributed by atoms with Crippen molar-refractivity contribution in [1.29, 1.82) is 0 Å². The molecule has 2 unspecified atom stereocenters. The summed E-state index contributed by atoms with van der Waals surface area (Å²) in [7, 11) is 0.151. The normalized spacial score (nSPS) is 33.3. The standard InChI is InChI=1S/C8H14O4P2/c1-2-3-14-8(11-7-12-13-14)4-9-6-10-5-8/h2,13H,1,3-7H2. The number of hydrogen-bond donors (Lipinski definition) is 0. The van der Waals surface area contributed by atoms with Crippen LogP contribution in [0.15, 0.2) is 12.7 Å². The molecule has 0 amide bonds. The van der Waals surface area contributed by atoms with Gasteiger partial charge < -0.3 is 18.7 Å². The first-order valence-corrected chi connectivity index (χ1v) is 7.70. The van der Waals surface area contributed by atoms with Crippen molar-refractivity contribution in [2.45, 2.75) is 5.34 Å². The zero-order chi connectivity index (χ0) is 9.86. The third kappa shape index (κ3) is 2.16. The van der Waals surface area contributed by atoms with E-state index in [1.54, 1.807) is 0 Å². The molecule has 0 N–H and O–H groups in total. The highest BCUT2D eigenvalue weighted by atomic mass is 32.1. The van der Waals surface area contributed by atoms with Gasteiger partial charge in [0.15, 0.2) is 6.79 Å². The first kappa shape index (κ1) is 10.9. The largest absolute Gasteiger partial charge is 0.352 e. The summed E-state index contributed by atoms with van der Waals surface area (Å²) in [6, 6.07) is 0. The van der Waals surface area contributed by atoms with Gasteiger partial charge in [-0.15, -0.1) is 6.58 Å². The van der Waals surface area contributed by atoms with Crippen molar-refractivity contribution in [2.75, 3.05) is 33.0 Å². The fraction of sp³-hybridized carbons (Fsp3) is 0.750. The summed E-state index contributed by atoms with van der Waals surface area (Å²) >= 11 is 0. The predicted molar refractivity (Wildman–Crippen MR) is 56.8 cm³/mol. The minimum atomic E-state index is -0.359. The van der Waals surface area contributed by atoms with E-state index in [0.29, 0.717) is 35.3 Å². The molecule has 2 atom stereocenters. The Balaban J connectivity index is 2.06. The highest BCUT2D eigenvalue weighted by molar-refractivity contribution is 8.20. The maximum absolute atomic E-state index is 5.69. The zero-order valence-corrected chi connectivity index (χ0v) is 9.79. The number of allylic oxidation sites excluding steroid dienone is 1. The number of rotatable bonds is 2. The number of hydrogen-bond acceptors (Lipinski definition) is 4. The van der Waals surface area contributed by atoms with E-state index in [2.05, 4.69) is 6.58 Å². The summed E-state index contributed by atoms with van der Waals surface area (Å²) in [4.78, 5) is 0. The van der Waals surface area contributed by atoms with Crippen molar-refractivity contribution in [3.63, 3.8) is 0 Å². The van der Waals surface area contributed by atoms with Gasteiger partial charge in [0, 0.05) is 8.50 Å². The van der Waals surface area contributed by atoms with Gasteiger partial charge in [-0.05, 0) is 13.8 Å². The van der Waals surface area contributed by atoms with Crippen LogP contribution in [0.2, 0.25) is 0 Å². The van der Waals surface area contributed by atoms with E-state index in [1.807, 2.05) is 6.08 Å². The van der Waals surface area contributed by atoms with E-state index in [-0.39, 0.29) is 13.0 Å². The Kier molecular flexibility index (Phi) is 3.89. The van der Waals surface area contributed by atoms with E-state index in [1.165, 1.54) is 0 Å². The summed E-state index contributed by atoms with van der Waals surface area (Å²) in [5.74, 6) is 0. The molecule has 1 spiro atoms. The van der Waals surface area contributed by atoms with Crippen LogP contribution in [0.4, 0.5) is 0 Å². The molecule has 0 bridgehead atoms. The minimum absolute atomic E-state index is 0.238. The van der Waals surface area contributed by atoms with E-state index in [4.69, 9.17) is 18.7 Å². The van der Waals surface area contributed by atoms with Crippen LogP contribution in [0, 0.1) is 0 Å². The van der Waals surface area contributed by atoms with Crippen molar-refractivity contribution < 1.29 is 18.7 Å². The van der Waals surface area contributed by atoms with Crippen LogP contribution in [0.5, 0.6) is 0 Å². The van der Waals surface area contributed by atoms with Crippen LogP contribution in [0.3, 0.4) is 0 Å². The molecule has 2 rings (SSSR count). The molecule has 2 heterocycles. The molecule has 0 aromatic heterocycles. The van der Waals surface area contributed by atoms with Crippen molar-refractivity contribution in [3.8, 4) is 0 Å². The predicted octanol–water partition coefficient (Wildman–Crippen LogP) is 1.87. The van der Waals surface area contributed by atoms with Crippen LogP contribution in [-0.4, -0.2) is 38.3 Å². The fourth-order valence-electron chi connectivity index (χ4n) is 1.48. The molecule has 80 valence electrons. The van der Waals surface area contributed by atoms with Gasteiger partial charge >= 0.3 is 0 Å². The van der Waals surface area contributed by atoms with Crippen molar-refractivity contribution in [2.24, 2.45) is 0 Å². The smallest absolute Gasteiger partial charge is 0.152 e. The third-order valence-corrected chi connectivity index (χ3v) is 7.47. The van der Waals surface area contributed by atoms with Gasteiger partial charge in [0.2, 0.25) is 0 Å². The van der Waals surface area contributed by atoms with Crippen molar-refractivity contribution >= 4 is 16.1 Å². The summed E-state index contributed by atoms with van der Waals surface area (Å²) in [5.41, 5.74) is 0. The molecule has 2 aliphatic rings. The second-order valence-electron chi connectivity index (χ2n) is 3.16. The first-order chi connectivity index (χ1) is 6.87. The molecule has 0 saturated carbocycles. The Morgan fingerprint density at radius 3 is 2.86 bits per heavy atom. The Hall–Kier alpha value is 0.440. The van der Waals surface area contributed by atoms with Crippen molar-refractivity contribution in [3.05, 3.63) is 12.7 Å². The van der Waals surface area contributed by atoms with Gasteiger partial charge in [0.05, 0.1) is 13.2 Å². The van der Waals surface area contributed by atoms with Gasteiger partial charge in [-0.1, -0.05) is 6.08 Å². The second kappa shape index (κ2) is 4.98. The van der Waals surface area contributed by atoms with Crippen LogP contribution >= 0.6 is 16.1 Å². The molecule has 0 aromatic carbocycles. The quantitative estimate of drug-likeness (QED) is 0.541. The van der Waals surface area contributed by atoms with E-state index in [9.17, 15) is 0 Å². The second-order valence-corrected chi connectivity index (χ2v) is 7.83. The van der Waals surface area contributed by atoms with Crippen LogP contribution in [0.25, 0.3) is 0 Å². The molecule has 6 heteroatoms. The van der Waals surface area contributed by atoms with Crippen molar-refractivity contribution in [1.82, 2.24) is 0 Å². The number of ether oxygens (including phenoxy) is 3. The Bertz CT molecular complexity index is 197. The molecule has 2 aliphatic heterocycles. The monoisotopic (exact) mass is 236 g/mol. The molecular formula is C8H14O4P2. The summed E-state index contributed by atoms with van der Waals surface area (Å²) in [5, 5.41) is -0.238. The van der Waals surface area contributed by atoms with E-state index in [0.717, 1.165) is 6.16 Å². The lowest BCUT2D eigenvalue weighted by Gasteiger charge is -2.44. The van der Waals surface area contributed by atoms with Gasteiger partial charge in [-0.25, -0.2) is 0 Å². The molecule has 14 heavy (non-hydrogen) atoms. The van der Waals surface area contributed by atoms with Crippen LogP contribution in [-0.2, 0) is 18.7 Å². The SMILES string of the molecule is C=CCP1POCOC12COCOC2. The molecule has 0 aromatic rings. The molecule has 0 aliphatic carbocycles. The molecule has 2 saturated heterocycles. The fourth-order valence-corrected chi connectivity index (χ4v) is 5.60. The molecule has 4 nitrogen and oxygen atoms in total. The van der Waals surface area contributed by atoms with E-state index >= 15 is 0 Å². The summed E-state index contributed by atoms with van der Waals surface area (Å²) in [6.45, 7) is 5.76. The maximum Gasteiger partial charge on any atom is 0.152 e. The first-order valence-electron chi connectivity index (χ1n) is 4.43. The molecular weight excluding hydrogens is 222 g/mol. The highest BCUT2D eigenvalue weighted by Crippen LogP contribution is 2.68. The van der Waals surface area contributed by atoms with Gasteiger partial charge in [-0.3, -0.25) is 0 Å². The van der Waals surface area contributed by atoms with Gasteiger partial charge in [0.25, 0.3) is 0 Å². The molecule has 0 radical (unpaired) electrons. The lowest BCUT2D eigenvalue weighted by Crippen LogP contribution is -2.46. The topological polar surface area (TPSA) is 36.9 Å².